The van der Waals surface area contributed by atoms with Gasteiger partial charge in [-0.05, 0) is 62.8 Å². The first-order chi connectivity index (χ1) is 9.28. The molecule has 19 heavy (non-hydrogen) atoms. The van der Waals surface area contributed by atoms with Gasteiger partial charge in [0.2, 0.25) is 0 Å². The number of rotatable bonds is 6. The van der Waals surface area contributed by atoms with Crippen molar-refractivity contribution in [3.8, 4) is 0 Å². The number of likely N-dealkylation sites (N-methyl/N-ethyl adjacent to an activating group) is 1. The Hall–Kier alpha value is -1.15. The SMILES string of the molecule is CCNC(CC1=CCCCC1)Cc1ccc(F)cc1. The first-order valence-corrected chi connectivity index (χ1v) is 7.43. The van der Waals surface area contributed by atoms with Gasteiger partial charge in [-0.2, -0.15) is 0 Å². The van der Waals surface area contributed by atoms with Gasteiger partial charge in [0.05, 0.1) is 0 Å². The highest BCUT2D eigenvalue weighted by Crippen LogP contribution is 2.22. The van der Waals surface area contributed by atoms with Crippen molar-refractivity contribution in [1.29, 1.82) is 0 Å². The quantitative estimate of drug-likeness (QED) is 0.755. The fourth-order valence-corrected chi connectivity index (χ4v) is 2.82. The van der Waals surface area contributed by atoms with E-state index in [1.807, 2.05) is 12.1 Å². The molecule has 1 aromatic rings. The molecule has 0 saturated carbocycles. The number of benzene rings is 1. The molecule has 0 saturated heterocycles. The van der Waals surface area contributed by atoms with Crippen molar-refractivity contribution in [1.82, 2.24) is 5.32 Å². The second kappa shape index (κ2) is 7.44. The molecule has 1 unspecified atom stereocenters. The van der Waals surface area contributed by atoms with Gasteiger partial charge in [-0.3, -0.25) is 0 Å². The van der Waals surface area contributed by atoms with E-state index in [2.05, 4.69) is 18.3 Å². The number of nitrogens with one attached hydrogen (secondary N) is 1. The van der Waals surface area contributed by atoms with Gasteiger partial charge in [0.15, 0.2) is 0 Å². The second-order valence-corrected chi connectivity index (χ2v) is 5.40. The Kier molecular flexibility index (Phi) is 5.59. The summed E-state index contributed by atoms with van der Waals surface area (Å²) >= 11 is 0. The summed E-state index contributed by atoms with van der Waals surface area (Å²) in [7, 11) is 0. The summed E-state index contributed by atoms with van der Waals surface area (Å²) in [5.41, 5.74) is 2.81. The van der Waals surface area contributed by atoms with E-state index in [1.165, 1.54) is 31.2 Å². The van der Waals surface area contributed by atoms with Gasteiger partial charge in [0.1, 0.15) is 5.82 Å². The molecule has 0 bridgehead atoms. The minimum Gasteiger partial charge on any atom is -0.314 e. The smallest absolute Gasteiger partial charge is 0.123 e. The van der Waals surface area contributed by atoms with Crippen LogP contribution < -0.4 is 5.32 Å². The Labute approximate surface area is 115 Å². The van der Waals surface area contributed by atoms with Gasteiger partial charge in [0.25, 0.3) is 0 Å². The summed E-state index contributed by atoms with van der Waals surface area (Å²) in [4.78, 5) is 0. The predicted octanol–water partition coefficient (Wildman–Crippen LogP) is 4.24. The molecule has 1 aromatic carbocycles. The molecule has 0 spiro atoms. The minimum absolute atomic E-state index is 0.154. The fourth-order valence-electron chi connectivity index (χ4n) is 2.82. The summed E-state index contributed by atoms with van der Waals surface area (Å²) < 4.78 is 12.9. The van der Waals surface area contributed by atoms with Crippen molar-refractivity contribution in [2.75, 3.05) is 6.54 Å². The van der Waals surface area contributed by atoms with E-state index in [-0.39, 0.29) is 5.82 Å². The van der Waals surface area contributed by atoms with Crippen LogP contribution in [0.25, 0.3) is 0 Å². The second-order valence-electron chi connectivity index (χ2n) is 5.40. The van der Waals surface area contributed by atoms with E-state index >= 15 is 0 Å². The van der Waals surface area contributed by atoms with Gasteiger partial charge < -0.3 is 5.32 Å². The largest absolute Gasteiger partial charge is 0.314 e. The summed E-state index contributed by atoms with van der Waals surface area (Å²) in [6.45, 7) is 3.13. The van der Waals surface area contributed by atoms with Gasteiger partial charge in [-0.15, -0.1) is 0 Å². The molecule has 0 amide bonds. The molecule has 0 aliphatic heterocycles. The third kappa shape index (κ3) is 4.79. The van der Waals surface area contributed by atoms with Crippen LogP contribution in [0.4, 0.5) is 4.39 Å². The van der Waals surface area contributed by atoms with Crippen LogP contribution in [0.1, 0.15) is 44.6 Å². The molecule has 1 nitrogen and oxygen atoms in total. The third-order valence-corrected chi connectivity index (χ3v) is 3.78. The monoisotopic (exact) mass is 261 g/mol. The van der Waals surface area contributed by atoms with Crippen LogP contribution in [0.15, 0.2) is 35.9 Å². The molecule has 0 heterocycles. The first kappa shape index (κ1) is 14.3. The zero-order valence-corrected chi connectivity index (χ0v) is 11.8. The lowest BCUT2D eigenvalue weighted by molar-refractivity contribution is 0.503. The van der Waals surface area contributed by atoms with E-state index in [9.17, 15) is 4.39 Å². The average molecular weight is 261 g/mol. The summed E-state index contributed by atoms with van der Waals surface area (Å²) in [6.07, 6.45) is 9.69. The molecule has 1 aliphatic rings. The Morgan fingerprint density at radius 2 is 1.95 bits per heavy atom. The molecular weight excluding hydrogens is 237 g/mol. The van der Waals surface area contributed by atoms with Crippen molar-refractivity contribution in [2.24, 2.45) is 0 Å². The number of hydrogen-bond donors (Lipinski definition) is 1. The van der Waals surface area contributed by atoms with Gasteiger partial charge in [0, 0.05) is 6.04 Å². The van der Waals surface area contributed by atoms with E-state index in [0.717, 1.165) is 19.4 Å². The zero-order chi connectivity index (χ0) is 13.5. The molecular formula is C17H24FN. The average Bonchev–Trinajstić information content (AvgIpc) is 2.43. The number of hydrogen-bond acceptors (Lipinski definition) is 1. The molecule has 0 fully saturated rings. The normalized spacial score (nSPS) is 17.1. The van der Waals surface area contributed by atoms with E-state index in [0.29, 0.717) is 6.04 Å². The molecule has 0 radical (unpaired) electrons. The lowest BCUT2D eigenvalue weighted by Crippen LogP contribution is -2.31. The van der Waals surface area contributed by atoms with Crippen molar-refractivity contribution in [3.05, 3.63) is 47.3 Å². The van der Waals surface area contributed by atoms with Crippen molar-refractivity contribution in [2.45, 2.75) is 51.5 Å². The topological polar surface area (TPSA) is 12.0 Å². The molecule has 1 N–H and O–H groups in total. The van der Waals surface area contributed by atoms with Crippen LogP contribution in [-0.4, -0.2) is 12.6 Å². The first-order valence-electron chi connectivity index (χ1n) is 7.43. The Morgan fingerprint density at radius 1 is 1.16 bits per heavy atom. The van der Waals surface area contributed by atoms with E-state index < -0.39 is 0 Å². The lowest BCUT2D eigenvalue weighted by atomic mass is 9.92. The van der Waals surface area contributed by atoms with Crippen LogP contribution in [0.5, 0.6) is 0 Å². The molecule has 2 rings (SSSR count). The predicted molar refractivity (Wildman–Crippen MR) is 78.7 cm³/mol. The third-order valence-electron chi connectivity index (χ3n) is 3.78. The van der Waals surface area contributed by atoms with E-state index in [4.69, 9.17) is 0 Å². The molecule has 0 aromatic heterocycles. The van der Waals surface area contributed by atoms with Crippen molar-refractivity contribution >= 4 is 0 Å². The van der Waals surface area contributed by atoms with Crippen molar-refractivity contribution < 1.29 is 4.39 Å². The Bertz CT molecular complexity index is 408. The Balaban J connectivity index is 1.95. The number of allylic oxidation sites excluding steroid dienone is 1. The molecule has 104 valence electrons. The number of halogens is 1. The summed E-state index contributed by atoms with van der Waals surface area (Å²) in [5, 5.41) is 3.56. The fraction of sp³-hybridized carbons (Fsp3) is 0.529. The standard InChI is InChI=1S/C17H24FN/c1-2-19-17(12-14-6-4-3-5-7-14)13-15-8-10-16(18)11-9-15/h6,8-11,17,19H,2-5,7,12-13H2,1H3. The van der Waals surface area contributed by atoms with Crippen LogP contribution in [0, 0.1) is 5.82 Å². The lowest BCUT2D eigenvalue weighted by Gasteiger charge is -2.21. The summed E-state index contributed by atoms with van der Waals surface area (Å²) in [5.74, 6) is -0.154. The molecule has 1 atom stereocenters. The van der Waals surface area contributed by atoms with Crippen LogP contribution in [0.3, 0.4) is 0 Å². The highest BCUT2D eigenvalue weighted by atomic mass is 19.1. The van der Waals surface area contributed by atoms with Crippen LogP contribution in [0.2, 0.25) is 0 Å². The van der Waals surface area contributed by atoms with Gasteiger partial charge >= 0.3 is 0 Å². The zero-order valence-electron chi connectivity index (χ0n) is 11.8. The summed E-state index contributed by atoms with van der Waals surface area (Å²) in [6, 6.07) is 7.38. The van der Waals surface area contributed by atoms with Crippen LogP contribution >= 0.6 is 0 Å². The highest BCUT2D eigenvalue weighted by molar-refractivity contribution is 5.18. The Morgan fingerprint density at radius 3 is 2.58 bits per heavy atom. The maximum atomic E-state index is 12.9. The van der Waals surface area contributed by atoms with Crippen LogP contribution in [-0.2, 0) is 6.42 Å². The van der Waals surface area contributed by atoms with E-state index in [1.54, 1.807) is 17.7 Å². The van der Waals surface area contributed by atoms with Gasteiger partial charge in [-0.25, -0.2) is 4.39 Å². The maximum absolute atomic E-state index is 12.9. The minimum atomic E-state index is -0.154. The molecule has 1 aliphatic carbocycles. The maximum Gasteiger partial charge on any atom is 0.123 e. The van der Waals surface area contributed by atoms with Crippen molar-refractivity contribution in [3.63, 3.8) is 0 Å². The highest BCUT2D eigenvalue weighted by Gasteiger charge is 2.12. The molecule has 2 heteroatoms. The van der Waals surface area contributed by atoms with Gasteiger partial charge in [-0.1, -0.05) is 30.7 Å².